The van der Waals surface area contributed by atoms with Crippen molar-refractivity contribution in [1.82, 2.24) is 0 Å². The van der Waals surface area contributed by atoms with Gasteiger partial charge in [-0.1, -0.05) is 11.6 Å². The minimum absolute atomic E-state index is 0.0778. The van der Waals surface area contributed by atoms with Crippen LogP contribution in [-0.2, 0) is 19.0 Å². The van der Waals surface area contributed by atoms with Crippen molar-refractivity contribution in [1.29, 1.82) is 0 Å². The molecule has 0 fully saturated rings. The summed E-state index contributed by atoms with van der Waals surface area (Å²) >= 11 is 5.21. The van der Waals surface area contributed by atoms with Crippen LogP contribution in [0.15, 0.2) is 0 Å². The van der Waals surface area contributed by atoms with E-state index in [1.165, 1.54) is 0 Å². The number of halogens is 1. The SMILES string of the molecule is CCOC(CC(=O)OCCl)OCC. The molecular weight excluding hydrogens is 196 g/mol. The maximum atomic E-state index is 10.9. The van der Waals surface area contributed by atoms with Gasteiger partial charge in [0.05, 0.1) is 6.42 Å². The van der Waals surface area contributed by atoms with Gasteiger partial charge in [0.25, 0.3) is 0 Å². The van der Waals surface area contributed by atoms with Gasteiger partial charge in [0.15, 0.2) is 12.4 Å². The van der Waals surface area contributed by atoms with Crippen molar-refractivity contribution in [2.75, 3.05) is 19.3 Å². The minimum atomic E-state index is -0.522. The second-order valence-electron chi connectivity index (χ2n) is 2.17. The maximum absolute atomic E-state index is 10.9. The number of hydrogen-bond donors (Lipinski definition) is 0. The maximum Gasteiger partial charge on any atom is 0.312 e. The first-order valence-electron chi connectivity index (χ1n) is 4.19. The van der Waals surface area contributed by atoms with E-state index in [1.54, 1.807) is 0 Å². The molecule has 0 unspecified atom stereocenters. The van der Waals surface area contributed by atoms with Crippen LogP contribution in [0.1, 0.15) is 20.3 Å². The molecular formula is C8H15ClO4. The lowest BCUT2D eigenvalue weighted by molar-refractivity contribution is -0.167. The van der Waals surface area contributed by atoms with E-state index in [4.69, 9.17) is 21.1 Å². The quantitative estimate of drug-likeness (QED) is 0.363. The summed E-state index contributed by atoms with van der Waals surface area (Å²) in [7, 11) is 0. The highest BCUT2D eigenvalue weighted by atomic mass is 35.5. The van der Waals surface area contributed by atoms with Gasteiger partial charge < -0.3 is 14.2 Å². The Kier molecular flexibility index (Phi) is 8.08. The molecule has 0 aliphatic heterocycles. The van der Waals surface area contributed by atoms with E-state index in [1.807, 2.05) is 13.8 Å². The Bertz CT molecular complexity index is 134. The van der Waals surface area contributed by atoms with Gasteiger partial charge in [-0.25, -0.2) is 0 Å². The van der Waals surface area contributed by atoms with Crippen LogP contribution >= 0.6 is 11.6 Å². The van der Waals surface area contributed by atoms with E-state index in [0.717, 1.165) is 0 Å². The van der Waals surface area contributed by atoms with Gasteiger partial charge >= 0.3 is 5.97 Å². The lowest BCUT2D eigenvalue weighted by atomic mass is 10.4. The summed E-state index contributed by atoms with van der Waals surface area (Å²) < 4.78 is 14.8. The van der Waals surface area contributed by atoms with Crippen LogP contribution in [0.5, 0.6) is 0 Å². The summed E-state index contributed by atoms with van der Waals surface area (Å²) in [5, 5.41) is 0. The first-order chi connectivity index (χ1) is 6.24. The molecule has 0 aliphatic carbocycles. The van der Waals surface area contributed by atoms with E-state index in [2.05, 4.69) is 4.74 Å². The highest BCUT2D eigenvalue weighted by molar-refractivity contribution is 6.17. The first kappa shape index (κ1) is 12.7. The summed E-state index contributed by atoms with van der Waals surface area (Å²) in [6.45, 7) is 4.66. The van der Waals surface area contributed by atoms with Gasteiger partial charge in [-0.05, 0) is 13.8 Å². The zero-order valence-electron chi connectivity index (χ0n) is 7.92. The molecule has 5 heteroatoms. The van der Waals surface area contributed by atoms with Crippen molar-refractivity contribution >= 4 is 17.6 Å². The molecule has 0 aromatic heterocycles. The van der Waals surface area contributed by atoms with Crippen molar-refractivity contribution in [3.63, 3.8) is 0 Å². The molecule has 4 nitrogen and oxygen atoms in total. The van der Waals surface area contributed by atoms with Crippen molar-refractivity contribution in [2.24, 2.45) is 0 Å². The standard InChI is InChI=1S/C8H15ClO4/c1-3-11-8(12-4-2)5-7(10)13-6-9/h8H,3-6H2,1-2H3. The van der Waals surface area contributed by atoms with Crippen LogP contribution in [0, 0.1) is 0 Å². The summed E-state index contributed by atoms with van der Waals surface area (Å²) in [6.07, 6.45) is -0.445. The Morgan fingerprint density at radius 3 is 2.23 bits per heavy atom. The number of carbonyl (C=O) groups is 1. The number of hydrogen-bond acceptors (Lipinski definition) is 4. The first-order valence-corrected chi connectivity index (χ1v) is 4.72. The van der Waals surface area contributed by atoms with E-state index in [-0.39, 0.29) is 12.5 Å². The molecule has 0 atom stereocenters. The zero-order valence-corrected chi connectivity index (χ0v) is 8.67. The van der Waals surface area contributed by atoms with Gasteiger partial charge in [0, 0.05) is 13.2 Å². The molecule has 0 N–H and O–H groups in total. The Hall–Kier alpha value is -0.320. The molecule has 0 aromatic rings. The molecule has 0 heterocycles. The molecule has 0 saturated carbocycles. The summed E-state index contributed by atoms with van der Waals surface area (Å²) in [6, 6.07) is -0.135. The smallest absolute Gasteiger partial charge is 0.312 e. The van der Waals surface area contributed by atoms with E-state index in [0.29, 0.717) is 13.2 Å². The van der Waals surface area contributed by atoms with Gasteiger partial charge in [-0.3, -0.25) is 4.79 Å². The number of ether oxygens (including phenoxy) is 3. The van der Waals surface area contributed by atoms with Crippen LogP contribution in [0.25, 0.3) is 0 Å². The molecule has 0 amide bonds. The minimum Gasteiger partial charge on any atom is -0.449 e. The molecule has 0 bridgehead atoms. The second-order valence-corrected chi connectivity index (χ2v) is 2.39. The van der Waals surface area contributed by atoms with Gasteiger partial charge in [-0.2, -0.15) is 0 Å². The van der Waals surface area contributed by atoms with Crippen LogP contribution in [0.3, 0.4) is 0 Å². The second kappa shape index (κ2) is 8.29. The predicted molar refractivity (Wildman–Crippen MR) is 48.5 cm³/mol. The molecule has 0 rings (SSSR count). The average Bonchev–Trinajstić information content (AvgIpc) is 2.05. The number of rotatable bonds is 7. The highest BCUT2D eigenvalue weighted by Crippen LogP contribution is 2.02. The molecule has 0 radical (unpaired) electrons. The topological polar surface area (TPSA) is 44.8 Å². The van der Waals surface area contributed by atoms with E-state index < -0.39 is 12.3 Å². The monoisotopic (exact) mass is 210 g/mol. The largest absolute Gasteiger partial charge is 0.449 e. The van der Waals surface area contributed by atoms with Crippen LogP contribution in [0.4, 0.5) is 0 Å². The Balaban J connectivity index is 3.71. The molecule has 78 valence electrons. The lowest BCUT2D eigenvalue weighted by Crippen LogP contribution is -2.22. The third-order valence-corrected chi connectivity index (χ3v) is 1.36. The molecule has 0 saturated heterocycles. The van der Waals surface area contributed by atoms with Crippen molar-refractivity contribution in [3.05, 3.63) is 0 Å². The third kappa shape index (κ3) is 6.81. The fraction of sp³-hybridized carbons (Fsp3) is 0.875. The van der Waals surface area contributed by atoms with Crippen molar-refractivity contribution < 1.29 is 19.0 Å². The van der Waals surface area contributed by atoms with Gasteiger partial charge in [0.1, 0.15) is 0 Å². The Labute approximate surface area is 83.1 Å². The van der Waals surface area contributed by atoms with Gasteiger partial charge in [-0.15, -0.1) is 0 Å². The normalized spacial score (nSPS) is 10.5. The molecule has 0 aliphatic rings. The number of alkyl halides is 1. The van der Waals surface area contributed by atoms with Crippen LogP contribution in [-0.4, -0.2) is 31.5 Å². The summed E-state index contributed by atoms with van der Waals surface area (Å²) in [4.78, 5) is 10.9. The van der Waals surface area contributed by atoms with Crippen LogP contribution < -0.4 is 0 Å². The van der Waals surface area contributed by atoms with E-state index >= 15 is 0 Å². The van der Waals surface area contributed by atoms with Crippen molar-refractivity contribution in [2.45, 2.75) is 26.6 Å². The zero-order chi connectivity index (χ0) is 10.1. The highest BCUT2D eigenvalue weighted by Gasteiger charge is 2.14. The fourth-order valence-corrected chi connectivity index (χ4v) is 0.915. The molecule has 13 heavy (non-hydrogen) atoms. The fourth-order valence-electron chi connectivity index (χ4n) is 0.794. The third-order valence-electron chi connectivity index (χ3n) is 1.25. The lowest BCUT2D eigenvalue weighted by Gasteiger charge is -2.15. The number of esters is 1. The Morgan fingerprint density at radius 1 is 1.31 bits per heavy atom. The summed E-state index contributed by atoms with van der Waals surface area (Å²) in [5.74, 6) is -0.415. The molecule has 0 aromatic carbocycles. The predicted octanol–water partition coefficient (Wildman–Crippen LogP) is 1.52. The molecule has 0 spiro atoms. The summed E-state index contributed by atoms with van der Waals surface area (Å²) in [5.41, 5.74) is 0. The van der Waals surface area contributed by atoms with Crippen LogP contribution in [0.2, 0.25) is 0 Å². The Morgan fingerprint density at radius 2 is 1.85 bits per heavy atom. The van der Waals surface area contributed by atoms with Crippen molar-refractivity contribution in [3.8, 4) is 0 Å². The van der Waals surface area contributed by atoms with Gasteiger partial charge in [0.2, 0.25) is 0 Å². The van der Waals surface area contributed by atoms with E-state index in [9.17, 15) is 4.79 Å². The average molecular weight is 211 g/mol. The number of carbonyl (C=O) groups excluding carboxylic acids is 1.